The number of carbonyl (C=O) groups excluding carboxylic acids is 2. The summed E-state index contributed by atoms with van der Waals surface area (Å²) in [5.74, 6) is 0.927. The molecule has 1 amide bonds. The van der Waals surface area contributed by atoms with E-state index in [1.54, 1.807) is 16.8 Å². The van der Waals surface area contributed by atoms with Crippen molar-refractivity contribution >= 4 is 11.7 Å². The first-order chi connectivity index (χ1) is 11.5. The molecule has 1 atom stereocenters. The van der Waals surface area contributed by atoms with Crippen molar-refractivity contribution in [2.24, 2.45) is 13.0 Å². The molecule has 0 spiro atoms. The second kappa shape index (κ2) is 8.38. The first-order valence-corrected chi connectivity index (χ1v) is 8.20. The van der Waals surface area contributed by atoms with E-state index in [1.807, 2.05) is 39.1 Å². The third-order valence-electron chi connectivity index (χ3n) is 3.91. The molecule has 128 valence electrons. The minimum Gasteiger partial charge on any atom is -0.346 e. The molecule has 1 aromatic carbocycles. The summed E-state index contributed by atoms with van der Waals surface area (Å²) in [5.41, 5.74) is 0.692. The van der Waals surface area contributed by atoms with Gasteiger partial charge in [0.05, 0.1) is 6.04 Å². The summed E-state index contributed by atoms with van der Waals surface area (Å²) in [6.45, 7) is 4.05. The number of carbonyl (C=O) groups is 2. The average Bonchev–Trinajstić information content (AvgIpc) is 2.98. The molecule has 0 aliphatic heterocycles. The van der Waals surface area contributed by atoms with Crippen LogP contribution in [0.2, 0.25) is 0 Å². The molecule has 0 fully saturated rings. The zero-order valence-electron chi connectivity index (χ0n) is 14.4. The van der Waals surface area contributed by atoms with Crippen LogP contribution in [0.4, 0.5) is 0 Å². The number of hydrogen-bond donors (Lipinski definition) is 1. The summed E-state index contributed by atoms with van der Waals surface area (Å²) in [6, 6.07) is 8.97. The Bertz CT molecular complexity index is 679. The van der Waals surface area contributed by atoms with E-state index in [0.717, 1.165) is 5.82 Å². The molecule has 1 N–H and O–H groups in total. The van der Waals surface area contributed by atoms with Crippen LogP contribution in [0.25, 0.3) is 0 Å². The maximum atomic E-state index is 12.2. The molecule has 0 saturated carbocycles. The van der Waals surface area contributed by atoms with Crippen LogP contribution in [0.3, 0.4) is 0 Å². The zero-order valence-corrected chi connectivity index (χ0v) is 14.4. The van der Waals surface area contributed by atoms with E-state index in [1.165, 1.54) is 6.33 Å². The largest absolute Gasteiger partial charge is 0.346 e. The third kappa shape index (κ3) is 4.75. The van der Waals surface area contributed by atoms with Crippen molar-refractivity contribution in [3.05, 3.63) is 48.0 Å². The summed E-state index contributed by atoms with van der Waals surface area (Å²) < 4.78 is 1.67. The van der Waals surface area contributed by atoms with Gasteiger partial charge in [0, 0.05) is 25.5 Å². The maximum absolute atomic E-state index is 12.2. The van der Waals surface area contributed by atoms with Gasteiger partial charge in [-0.05, 0) is 12.3 Å². The zero-order chi connectivity index (χ0) is 17.5. The van der Waals surface area contributed by atoms with Gasteiger partial charge in [-0.1, -0.05) is 44.2 Å². The number of nitrogens with zero attached hydrogens (tertiary/aromatic N) is 3. The van der Waals surface area contributed by atoms with Crippen LogP contribution in [-0.4, -0.2) is 26.5 Å². The van der Waals surface area contributed by atoms with Crippen molar-refractivity contribution in [3.63, 3.8) is 0 Å². The second-order valence-corrected chi connectivity index (χ2v) is 6.17. The normalized spacial score (nSPS) is 12.2. The van der Waals surface area contributed by atoms with Gasteiger partial charge in [0.25, 0.3) is 0 Å². The number of benzene rings is 1. The van der Waals surface area contributed by atoms with Gasteiger partial charge in [-0.2, -0.15) is 5.10 Å². The average molecular weight is 328 g/mol. The summed E-state index contributed by atoms with van der Waals surface area (Å²) in [6.07, 6.45) is 2.70. The summed E-state index contributed by atoms with van der Waals surface area (Å²) in [4.78, 5) is 28.5. The molecule has 0 radical (unpaired) electrons. The van der Waals surface area contributed by atoms with Crippen molar-refractivity contribution in [2.75, 3.05) is 0 Å². The van der Waals surface area contributed by atoms with Crippen molar-refractivity contribution in [3.8, 4) is 0 Å². The lowest BCUT2D eigenvalue weighted by Gasteiger charge is -2.21. The Balaban J connectivity index is 1.84. The highest BCUT2D eigenvalue weighted by atomic mass is 16.1. The Morgan fingerprint density at radius 2 is 1.88 bits per heavy atom. The van der Waals surface area contributed by atoms with Gasteiger partial charge >= 0.3 is 0 Å². The molecule has 6 heteroatoms. The van der Waals surface area contributed by atoms with Crippen molar-refractivity contribution in [1.29, 1.82) is 0 Å². The minimum atomic E-state index is -0.185. The van der Waals surface area contributed by atoms with Crippen LogP contribution in [0.15, 0.2) is 36.7 Å². The number of Topliss-reactive ketones (excluding diaryl/α,β-unsaturated/α-hetero) is 1. The van der Waals surface area contributed by atoms with Gasteiger partial charge in [0.2, 0.25) is 5.91 Å². The molecule has 24 heavy (non-hydrogen) atoms. The minimum absolute atomic E-state index is 0.0668. The first-order valence-electron chi connectivity index (χ1n) is 8.20. The van der Waals surface area contributed by atoms with Crippen LogP contribution in [0.1, 0.15) is 55.3 Å². The van der Waals surface area contributed by atoms with E-state index in [0.29, 0.717) is 24.8 Å². The Labute approximate surface area is 142 Å². The fraction of sp³-hybridized carbons (Fsp3) is 0.444. The quantitative estimate of drug-likeness (QED) is 0.756. The smallest absolute Gasteiger partial charge is 0.220 e. The number of amides is 1. The summed E-state index contributed by atoms with van der Waals surface area (Å²) >= 11 is 0. The monoisotopic (exact) mass is 328 g/mol. The number of aryl methyl sites for hydroxylation is 1. The van der Waals surface area contributed by atoms with Gasteiger partial charge in [0.1, 0.15) is 12.2 Å². The van der Waals surface area contributed by atoms with Crippen molar-refractivity contribution in [1.82, 2.24) is 20.1 Å². The first kappa shape index (κ1) is 17.8. The molecule has 1 heterocycles. The van der Waals surface area contributed by atoms with Crippen LogP contribution < -0.4 is 5.32 Å². The number of rotatable bonds is 8. The highest BCUT2D eigenvalue weighted by Crippen LogP contribution is 2.19. The molecule has 1 unspecified atom stereocenters. The maximum Gasteiger partial charge on any atom is 0.220 e. The second-order valence-electron chi connectivity index (χ2n) is 6.17. The number of hydrogen-bond acceptors (Lipinski definition) is 4. The van der Waals surface area contributed by atoms with Crippen LogP contribution in [-0.2, 0) is 11.8 Å². The summed E-state index contributed by atoms with van der Waals surface area (Å²) in [5, 5.41) is 7.06. The van der Waals surface area contributed by atoms with Gasteiger partial charge in [-0.15, -0.1) is 0 Å². The molecule has 0 bridgehead atoms. The van der Waals surface area contributed by atoms with E-state index in [2.05, 4.69) is 15.4 Å². The fourth-order valence-corrected chi connectivity index (χ4v) is 2.54. The van der Waals surface area contributed by atoms with Gasteiger partial charge in [-0.25, -0.2) is 4.98 Å². The Kier molecular flexibility index (Phi) is 6.23. The predicted octanol–water partition coefficient (Wildman–Crippen LogP) is 2.68. The Hall–Kier alpha value is -2.50. The highest BCUT2D eigenvalue weighted by molar-refractivity contribution is 5.96. The molecule has 1 aromatic heterocycles. The van der Waals surface area contributed by atoms with E-state index in [4.69, 9.17) is 0 Å². The molecule has 2 rings (SSSR count). The van der Waals surface area contributed by atoms with Crippen molar-refractivity contribution in [2.45, 2.75) is 39.2 Å². The molecule has 0 aliphatic rings. The lowest BCUT2D eigenvalue weighted by atomic mass is 10.0. The highest BCUT2D eigenvalue weighted by Gasteiger charge is 2.22. The summed E-state index contributed by atoms with van der Waals surface area (Å²) in [7, 11) is 1.81. The predicted molar refractivity (Wildman–Crippen MR) is 91.3 cm³/mol. The standard InChI is InChI=1S/C18H24N4O2/c1-13(2)17(18-19-12-20-22(18)3)21-16(24)11-7-10-15(23)14-8-5-4-6-9-14/h4-6,8-9,12-13,17H,7,10-11H2,1-3H3,(H,21,24). The van der Waals surface area contributed by atoms with Gasteiger partial charge < -0.3 is 5.32 Å². The molecular formula is C18H24N4O2. The lowest BCUT2D eigenvalue weighted by Crippen LogP contribution is -2.33. The Morgan fingerprint density at radius 3 is 2.46 bits per heavy atom. The van der Waals surface area contributed by atoms with Crippen LogP contribution in [0, 0.1) is 5.92 Å². The van der Waals surface area contributed by atoms with Gasteiger partial charge in [-0.3, -0.25) is 14.3 Å². The van der Waals surface area contributed by atoms with E-state index in [9.17, 15) is 9.59 Å². The molecule has 0 saturated heterocycles. The lowest BCUT2D eigenvalue weighted by molar-refractivity contribution is -0.122. The van der Waals surface area contributed by atoms with E-state index >= 15 is 0 Å². The SMILES string of the molecule is CC(C)C(NC(=O)CCCC(=O)c1ccccc1)c1ncnn1C. The van der Waals surface area contributed by atoms with E-state index in [-0.39, 0.29) is 23.7 Å². The van der Waals surface area contributed by atoms with Crippen molar-refractivity contribution < 1.29 is 9.59 Å². The molecule has 2 aromatic rings. The molecular weight excluding hydrogens is 304 g/mol. The topological polar surface area (TPSA) is 76.9 Å². The van der Waals surface area contributed by atoms with Crippen LogP contribution >= 0.6 is 0 Å². The number of nitrogens with one attached hydrogen (secondary N) is 1. The molecule has 0 aliphatic carbocycles. The molecule has 6 nitrogen and oxygen atoms in total. The number of aromatic nitrogens is 3. The van der Waals surface area contributed by atoms with Crippen LogP contribution in [0.5, 0.6) is 0 Å². The number of ketones is 1. The van der Waals surface area contributed by atoms with Gasteiger partial charge in [0.15, 0.2) is 5.78 Å². The van der Waals surface area contributed by atoms with E-state index < -0.39 is 0 Å². The Morgan fingerprint density at radius 1 is 1.17 bits per heavy atom. The third-order valence-corrected chi connectivity index (χ3v) is 3.91. The fourth-order valence-electron chi connectivity index (χ4n) is 2.54.